The first kappa shape index (κ1) is 22.6. The summed E-state index contributed by atoms with van der Waals surface area (Å²) in [4.78, 5) is 0. The molecule has 2 N–H and O–H groups in total. The molecule has 2 fully saturated rings. The van der Waals surface area contributed by atoms with Crippen molar-refractivity contribution in [1.29, 1.82) is 0 Å². The Morgan fingerprint density at radius 2 is 1.61 bits per heavy atom. The van der Waals surface area contributed by atoms with Gasteiger partial charge in [-0.1, -0.05) is 0 Å². The monoisotopic (exact) mass is 569 g/mol. The van der Waals surface area contributed by atoms with E-state index in [-0.39, 0.29) is 24.5 Å². The van der Waals surface area contributed by atoms with Crippen molar-refractivity contribution in [3.8, 4) is 0 Å². The Morgan fingerprint density at radius 3 is 2.26 bits per heavy atom. The first-order valence-corrected chi connectivity index (χ1v) is 12.0. The van der Waals surface area contributed by atoms with Gasteiger partial charge in [0.1, 0.15) is 11.5 Å². The van der Waals surface area contributed by atoms with E-state index in [1.54, 1.807) is 6.07 Å². The summed E-state index contributed by atoms with van der Waals surface area (Å²) in [5, 5.41) is 2.46. The van der Waals surface area contributed by atoms with Gasteiger partial charge in [0.15, 0.2) is 17.4 Å². The predicted molar refractivity (Wildman–Crippen MR) is 117 cm³/mol. The molecule has 0 aliphatic carbocycles. The highest BCUT2D eigenvalue weighted by Gasteiger charge is 2.42. The van der Waals surface area contributed by atoms with Crippen molar-refractivity contribution in [3.63, 3.8) is 0 Å². The molecule has 0 bridgehead atoms. The van der Waals surface area contributed by atoms with Gasteiger partial charge in [0.2, 0.25) is 0 Å². The molecular formula is C19H19F3IN3O4S. The third kappa shape index (κ3) is 4.77. The van der Waals surface area contributed by atoms with Gasteiger partial charge in [-0.2, -0.15) is 12.7 Å². The van der Waals surface area contributed by atoms with Gasteiger partial charge in [-0.05, 0) is 52.9 Å². The number of rotatable bonds is 5. The van der Waals surface area contributed by atoms with Gasteiger partial charge in [0.25, 0.3) is 0 Å². The van der Waals surface area contributed by atoms with Crippen molar-refractivity contribution >= 4 is 49.9 Å². The lowest BCUT2D eigenvalue weighted by Crippen LogP contribution is -2.48. The van der Waals surface area contributed by atoms with Gasteiger partial charge in [0.05, 0.1) is 24.6 Å². The van der Waals surface area contributed by atoms with Crippen LogP contribution in [0.1, 0.15) is 12.8 Å². The number of piperidine rings is 1. The maximum atomic E-state index is 14.5. The van der Waals surface area contributed by atoms with Crippen molar-refractivity contribution in [3.05, 3.63) is 51.4 Å². The molecule has 2 heterocycles. The Balaban J connectivity index is 1.57. The normalized spacial score (nSPS) is 19.0. The molecule has 2 aromatic carbocycles. The number of anilines is 3. The van der Waals surface area contributed by atoms with Gasteiger partial charge in [-0.3, -0.25) is 4.72 Å². The Bertz CT molecular complexity index is 1090. The fourth-order valence-corrected chi connectivity index (χ4v) is 5.23. The lowest BCUT2D eigenvalue weighted by atomic mass is 10.1. The number of ether oxygens (including phenoxy) is 2. The molecule has 4 rings (SSSR count). The maximum Gasteiger partial charge on any atom is 0.301 e. The van der Waals surface area contributed by atoms with E-state index in [1.165, 1.54) is 16.4 Å². The van der Waals surface area contributed by atoms with Gasteiger partial charge < -0.3 is 14.8 Å². The van der Waals surface area contributed by atoms with Crippen LogP contribution in [0.2, 0.25) is 0 Å². The average molecular weight is 569 g/mol. The van der Waals surface area contributed by atoms with E-state index in [1.807, 2.05) is 22.6 Å². The van der Waals surface area contributed by atoms with Crippen molar-refractivity contribution in [2.24, 2.45) is 0 Å². The molecule has 12 heteroatoms. The van der Waals surface area contributed by atoms with Crippen molar-refractivity contribution in [2.45, 2.75) is 18.6 Å². The van der Waals surface area contributed by atoms with Crippen LogP contribution in [0, 0.1) is 21.0 Å². The van der Waals surface area contributed by atoms with Crippen LogP contribution in [0.4, 0.5) is 30.2 Å². The minimum Gasteiger partial charge on any atom is -0.349 e. The lowest BCUT2D eigenvalue weighted by molar-refractivity contribution is -0.179. The molecule has 7 nitrogen and oxygen atoms in total. The van der Waals surface area contributed by atoms with Crippen LogP contribution in [-0.2, 0) is 19.7 Å². The van der Waals surface area contributed by atoms with E-state index in [0.29, 0.717) is 29.6 Å². The first-order valence-electron chi connectivity index (χ1n) is 9.45. The molecule has 0 atom stereocenters. The molecule has 0 unspecified atom stereocenters. The number of benzene rings is 2. The second-order valence-electron chi connectivity index (χ2n) is 7.15. The molecule has 0 amide bonds. The van der Waals surface area contributed by atoms with E-state index < -0.39 is 39.1 Å². The van der Waals surface area contributed by atoms with Gasteiger partial charge >= 0.3 is 10.2 Å². The fourth-order valence-electron chi connectivity index (χ4n) is 3.54. The Kier molecular flexibility index (Phi) is 6.36. The SMILES string of the molecule is O=S(=O)(Nc1ccc(F)c(F)c1Nc1ccc(I)cc1F)N1CCC2(CC1)OCCO2. The zero-order valence-electron chi connectivity index (χ0n) is 16.1. The first-order chi connectivity index (χ1) is 14.7. The summed E-state index contributed by atoms with van der Waals surface area (Å²) in [7, 11) is -4.10. The minimum absolute atomic E-state index is 0.124. The summed E-state index contributed by atoms with van der Waals surface area (Å²) in [5.41, 5.74) is -0.883. The second-order valence-corrected chi connectivity index (χ2v) is 10.1. The van der Waals surface area contributed by atoms with Crippen molar-refractivity contribution < 1.29 is 31.1 Å². The maximum absolute atomic E-state index is 14.5. The summed E-state index contributed by atoms with van der Waals surface area (Å²) < 4.78 is 83.6. The highest BCUT2D eigenvalue weighted by atomic mass is 127. The number of hydrogen-bond acceptors (Lipinski definition) is 5. The number of nitrogens with one attached hydrogen (secondary N) is 2. The van der Waals surface area contributed by atoms with E-state index in [2.05, 4.69) is 10.0 Å². The molecular weight excluding hydrogens is 550 g/mol. The van der Waals surface area contributed by atoms with E-state index >= 15 is 0 Å². The number of halogens is 4. The zero-order chi connectivity index (χ0) is 22.2. The summed E-state index contributed by atoms with van der Waals surface area (Å²) >= 11 is 1.91. The van der Waals surface area contributed by atoms with Gasteiger partial charge in [-0.25, -0.2) is 13.2 Å². The zero-order valence-corrected chi connectivity index (χ0v) is 19.1. The van der Waals surface area contributed by atoms with Crippen LogP contribution < -0.4 is 10.0 Å². The third-order valence-corrected chi connectivity index (χ3v) is 7.36. The molecule has 0 saturated carbocycles. The molecule has 2 aromatic rings. The van der Waals surface area contributed by atoms with Crippen LogP contribution in [0.3, 0.4) is 0 Å². The molecule has 2 saturated heterocycles. The number of hydrogen-bond donors (Lipinski definition) is 2. The fraction of sp³-hybridized carbons (Fsp3) is 0.368. The predicted octanol–water partition coefficient (Wildman–Crippen LogP) is 3.95. The second kappa shape index (κ2) is 8.73. The summed E-state index contributed by atoms with van der Waals surface area (Å²) in [5.74, 6) is -3.99. The highest BCUT2D eigenvalue weighted by Crippen LogP contribution is 2.35. The molecule has 168 valence electrons. The van der Waals surface area contributed by atoms with Crippen LogP contribution in [0.5, 0.6) is 0 Å². The third-order valence-electron chi connectivity index (χ3n) is 5.16. The van der Waals surface area contributed by atoms with Crippen LogP contribution in [0.15, 0.2) is 30.3 Å². The Morgan fingerprint density at radius 1 is 0.968 bits per heavy atom. The van der Waals surface area contributed by atoms with Crippen LogP contribution in [-0.4, -0.2) is 44.8 Å². The molecule has 0 radical (unpaired) electrons. The quantitative estimate of drug-likeness (QED) is 0.534. The molecule has 0 aromatic heterocycles. The largest absolute Gasteiger partial charge is 0.349 e. The standard InChI is InChI=1S/C19H19F3IN3O4S/c20-13-2-4-16(18(17(13)22)24-15-3-1-12(23)11-14(15)21)25-31(27,28)26-7-5-19(6-8-26)29-9-10-30-19/h1-4,11,24-25H,5-10H2. The topological polar surface area (TPSA) is 79.9 Å². The average Bonchev–Trinajstić information content (AvgIpc) is 3.17. The smallest absolute Gasteiger partial charge is 0.301 e. The molecule has 2 aliphatic heterocycles. The minimum atomic E-state index is -4.10. The Labute approximate surface area is 191 Å². The summed E-state index contributed by atoms with van der Waals surface area (Å²) in [6, 6.07) is 6.02. The van der Waals surface area contributed by atoms with Gasteiger partial charge in [0, 0.05) is 29.5 Å². The highest BCUT2D eigenvalue weighted by molar-refractivity contribution is 14.1. The summed E-state index contributed by atoms with van der Waals surface area (Å²) in [6.07, 6.45) is 0.704. The van der Waals surface area contributed by atoms with Crippen LogP contribution >= 0.6 is 22.6 Å². The molecule has 2 aliphatic rings. The number of nitrogens with zero attached hydrogens (tertiary/aromatic N) is 1. The van der Waals surface area contributed by atoms with E-state index in [0.717, 1.165) is 12.1 Å². The van der Waals surface area contributed by atoms with Crippen LogP contribution in [0.25, 0.3) is 0 Å². The van der Waals surface area contributed by atoms with Gasteiger partial charge in [-0.15, -0.1) is 0 Å². The summed E-state index contributed by atoms with van der Waals surface area (Å²) in [6.45, 7) is 1.19. The van der Waals surface area contributed by atoms with E-state index in [4.69, 9.17) is 9.47 Å². The lowest BCUT2D eigenvalue weighted by Gasteiger charge is -2.36. The Hall–Kier alpha value is -1.61. The molecule has 1 spiro atoms. The van der Waals surface area contributed by atoms with Crippen molar-refractivity contribution in [2.75, 3.05) is 36.3 Å². The molecule has 31 heavy (non-hydrogen) atoms. The van der Waals surface area contributed by atoms with Crippen molar-refractivity contribution in [1.82, 2.24) is 4.31 Å². The van der Waals surface area contributed by atoms with E-state index in [9.17, 15) is 21.6 Å².